The number of nitrogens with two attached hydrogens (primary N) is 1. The maximum absolute atomic E-state index is 5.63. The molecular formula is C9H21ClMgN+. The van der Waals surface area contributed by atoms with Crippen LogP contribution >= 0.6 is 12.4 Å². The van der Waals surface area contributed by atoms with E-state index < -0.39 is 0 Å². The monoisotopic (exact) mass is 202 g/mol. The van der Waals surface area contributed by atoms with Crippen molar-refractivity contribution in [1.82, 2.24) is 0 Å². The van der Waals surface area contributed by atoms with E-state index in [9.17, 15) is 0 Å². The van der Waals surface area contributed by atoms with Crippen molar-refractivity contribution >= 4 is 35.5 Å². The zero-order chi connectivity index (χ0) is 7.82. The third-order valence-corrected chi connectivity index (χ3v) is 1.65. The van der Waals surface area contributed by atoms with Crippen LogP contribution in [0.15, 0.2) is 0 Å². The summed E-state index contributed by atoms with van der Waals surface area (Å²) >= 11 is 0. The van der Waals surface area contributed by atoms with E-state index in [4.69, 9.17) is 5.73 Å². The van der Waals surface area contributed by atoms with Gasteiger partial charge in [-0.1, -0.05) is 19.3 Å². The third-order valence-electron chi connectivity index (χ3n) is 1.65. The maximum atomic E-state index is 5.63. The summed E-state index contributed by atoms with van der Waals surface area (Å²) in [7, 11) is 0. The fraction of sp³-hybridized carbons (Fsp3) is 0.889. The van der Waals surface area contributed by atoms with E-state index in [0.29, 0.717) is 6.04 Å². The minimum Gasteiger partial charge on any atom is -0.335 e. The quantitative estimate of drug-likeness (QED) is 0.475. The second-order valence-electron chi connectivity index (χ2n) is 2.98. The van der Waals surface area contributed by atoms with Crippen molar-refractivity contribution in [2.75, 3.05) is 0 Å². The van der Waals surface area contributed by atoms with E-state index in [-0.39, 0.29) is 35.5 Å². The van der Waals surface area contributed by atoms with Gasteiger partial charge < -0.3 is 12.2 Å². The van der Waals surface area contributed by atoms with Gasteiger partial charge in [0.1, 0.15) is 0 Å². The van der Waals surface area contributed by atoms with Crippen molar-refractivity contribution in [3.8, 4) is 0 Å². The van der Waals surface area contributed by atoms with Crippen LogP contribution in [0.1, 0.15) is 46.0 Å². The summed E-state index contributed by atoms with van der Waals surface area (Å²) in [5, 5.41) is 0. The molecule has 0 heterocycles. The molecule has 1 nitrogen and oxygen atoms in total. The van der Waals surface area contributed by atoms with Crippen molar-refractivity contribution in [1.29, 1.82) is 0 Å². The smallest absolute Gasteiger partial charge is 0.335 e. The van der Waals surface area contributed by atoms with Crippen molar-refractivity contribution in [2.24, 2.45) is 5.73 Å². The van der Waals surface area contributed by atoms with Crippen LogP contribution in [-0.4, -0.2) is 29.1 Å². The van der Waals surface area contributed by atoms with Gasteiger partial charge in [-0.05, 0) is 12.8 Å². The molecule has 0 amide bonds. The average Bonchev–Trinajstić information content (AvgIpc) is 1.91. The second-order valence-corrected chi connectivity index (χ2v) is 2.98. The first-order valence-corrected chi connectivity index (χ1v) is 4.30. The Balaban J connectivity index is -0.000000146. The molecule has 0 bridgehead atoms. The van der Waals surface area contributed by atoms with E-state index in [0.717, 1.165) is 0 Å². The molecule has 0 radical (unpaired) electrons. The third kappa shape index (κ3) is 13.6. The van der Waals surface area contributed by atoms with Crippen LogP contribution in [-0.2, 0) is 0 Å². The zero-order valence-corrected chi connectivity index (χ0v) is 10.6. The SMILES string of the molecule is C[CH-]C.Cl.NC1CCCCC1.[Mg+2]. The molecule has 0 aromatic heterocycles. The Morgan fingerprint density at radius 1 is 1.08 bits per heavy atom. The standard InChI is InChI=1S/C6H13N.C3H7.ClH.Mg/c7-6-4-2-1-3-5-6;1-3-2;;/h6H,1-5,7H2;3H,1-2H3;1H;/q;-1;;+2. The van der Waals surface area contributed by atoms with Gasteiger partial charge in [0.25, 0.3) is 0 Å². The summed E-state index contributed by atoms with van der Waals surface area (Å²) in [6.45, 7) is 4.00. The summed E-state index contributed by atoms with van der Waals surface area (Å²) < 4.78 is 0. The molecule has 0 aromatic carbocycles. The van der Waals surface area contributed by atoms with Crippen LogP contribution in [0.2, 0.25) is 0 Å². The van der Waals surface area contributed by atoms with Gasteiger partial charge in [0.2, 0.25) is 0 Å². The van der Waals surface area contributed by atoms with E-state index >= 15 is 0 Å². The molecule has 0 saturated heterocycles. The molecular weight excluding hydrogens is 182 g/mol. The summed E-state index contributed by atoms with van der Waals surface area (Å²) in [6.07, 6.45) is 8.66. The zero-order valence-electron chi connectivity index (χ0n) is 8.38. The molecule has 0 spiro atoms. The van der Waals surface area contributed by atoms with Crippen molar-refractivity contribution in [3.63, 3.8) is 0 Å². The van der Waals surface area contributed by atoms with Crippen molar-refractivity contribution < 1.29 is 0 Å². The van der Waals surface area contributed by atoms with Crippen LogP contribution in [0.5, 0.6) is 0 Å². The topological polar surface area (TPSA) is 26.0 Å². The Labute approximate surface area is 99.4 Å². The van der Waals surface area contributed by atoms with Gasteiger partial charge in [-0.25, -0.2) is 0 Å². The summed E-state index contributed by atoms with van der Waals surface area (Å²) in [6, 6.07) is 0.536. The second kappa shape index (κ2) is 14.5. The molecule has 1 aliphatic rings. The normalized spacial score (nSPS) is 16.2. The van der Waals surface area contributed by atoms with E-state index in [1.54, 1.807) is 0 Å². The molecule has 1 fully saturated rings. The van der Waals surface area contributed by atoms with Gasteiger partial charge in [0.05, 0.1) is 0 Å². The predicted octanol–water partition coefficient (Wildman–Crippen LogP) is 2.55. The first kappa shape index (κ1) is 18.7. The maximum Gasteiger partial charge on any atom is 2.00 e. The molecule has 1 aliphatic carbocycles. The van der Waals surface area contributed by atoms with Crippen LogP contribution in [0.4, 0.5) is 0 Å². The van der Waals surface area contributed by atoms with E-state index in [2.05, 4.69) is 0 Å². The molecule has 70 valence electrons. The molecule has 3 heteroatoms. The number of hydrogen-bond acceptors (Lipinski definition) is 1. The first-order valence-electron chi connectivity index (χ1n) is 4.30. The largest absolute Gasteiger partial charge is 2.00 e. The van der Waals surface area contributed by atoms with Crippen molar-refractivity contribution in [3.05, 3.63) is 6.42 Å². The molecule has 12 heavy (non-hydrogen) atoms. The van der Waals surface area contributed by atoms with Gasteiger partial charge in [-0.3, -0.25) is 0 Å². The molecule has 1 rings (SSSR count). The van der Waals surface area contributed by atoms with Gasteiger partial charge in [-0.2, -0.15) is 13.8 Å². The van der Waals surface area contributed by atoms with Gasteiger partial charge in [0.15, 0.2) is 0 Å². The van der Waals surface area contributed by atoms with E-state index in [1.165, 1.54) is 32.1 Å². The number of rotatable bonds is 0. The fourth-order valence-electron chi connectivity index (χ4n) is 1.13. The minimum absolute atomic E-state index is 0. The Hall–Kier alpha value is 1.02. The molecule has 1 saturated carbocycles. The van der Waals surface area contributed by atoms with E-state index in [1.807, 2.05) is 20.3 Å². The average molecular weight is 203 g/mol. The van der Waals surface area contributed by atoms with Gasteiger partial charge >= 0.3 is 23.1 Å². The molecule has 0 unspecified atom stereocenters. The first-order chi connectivity index (χ1) is 4.81. The summed E-state index contributed by atoms with van der Waals surface area (Å²) in [5.41, 5.74) is 5.63. The molecule has 0 aliphatic heterocycles. The number of halogens is 1. The number of hydrogen-bond donors (Lipinski definition) is 1. The predicted molar refractivity (Wildman–Crippen MR) is 59.7 cm³/mol. The summed E-state index contributed by atoms with van der Waals surface area (Å²) in [5.74, 6) is 0. The van der Waals surface area contributed by atoms with Crippen LogP contribution in [0, 0.1) is 6.42 Å². The minimum atomic E-state index is 0. The Kier molecular flexibility index (Phi) is 22.7. The fourth-order valence-corrected chi connectivity index (χ4v) is 1.13. The van der Waals surface area contributed by atoms with Crippen molar-refractivity contribution in [2.45, 2.75) is 52.0 Å². The van der Waals surface area contributed by atoms with Crippen LogP contribution in [0.3, 0.4) is 0 Å². The Morgan fingerprint density at radius 2 is 1.42 bits per heavy atom. The van der Waals surface area contributed by atoms with Crippen LogP contribution < -0.4 is 5.73 Å². The molecule has 2 N–H and O–H groups in total. The van der Waals surface area contributed by atoms with Gasteiger partial charge in [-0.15, -0.1) is 12.4 Å². The molecule has 0 atom stereocenters. The Morgan fingerprint density at radius 3 is 1.58 bits per heavy atom. The Bertz CT molecular complexity index is 65.5. The summed E-state index contributed by atoms with van der Waals surface area (Å²) in [4.78, 5) is 0. The van der Waals surface area contributed by atoms with Gasteiger partial charge in [0, 0.05) is 6.04 Å². The molecule has 0 aromatic rings. The van der Waals surface area contributed by atoms with Crippen LogP contribution in [0.25, 0.3) is 0 Å².